The largest absolute Gasteiger partial charge is 0.352 e. The molecule has 1 aliphatic heterocycles. The van der Waals surface area contributed by atoms with Gasteiger partial charge in [-0.05, 0) is 32.7 Å². The molecule has 2 unspecified atom stereocenters. The molecule has 13 heavy (non-hydrogen) atoms. The quantitative estimate of drug-likeness (QED) is 0.602. The van der Waals surface area contributed by atoms with E-state index in [-0.39, 0.29) is 6.04 Å². The maximum atomic E-state index is 10.5. The van der Waals surface area contributed by atoms with Crippen molar-refractivity contribution in [1.29, 1.82) is 0 Å². The minimum atomic E-state index is -0.427. The molecule has 0 radical (unpaired) electrons. The molecule has 0 aliphatic carbocycles. The first-order valence-electron chi connectivity index (χ1n) is 4.98. The van der Waals surface area contributed by atoms with Gasteiger partial charge in [0.25, 0.3) is 0 Å². The summed E-state index contributed by atoms with van der Waals surface area (Å²) in [6.45, 7) is 3.09. The summed E-state index contributed by atoms with van der Waals surface area (Å²) in [6, 6.07) is 0.298. The molecule has 1 saturated heterocycles. The van der Waals surface area contributed by atoms with Gasteiger partial charge in [0.1, 0.15) is 0 Å². The van der Waals surface area contributed by atoms with Crippen LogP contribution in [0.25, 0.3) is 0 Å². The third-order valence-electron chi connectivity index (χ3n) is 2.44. The smallest absolute Gasteiger partial charge is 0.312 e. The van der Waals surface area contributed by atoms with Crippen molar-refractivity contribution in [3.63, 3.8) is 0 Å². The summed E-state index contributed by atoms with van der Waals surface area (Å²) in [6.07, 6.45) is 4.75. The Bertz CT molecular complexity index is 166. The van der Waals surface area contributed by atoms with Gasteiger partial charge in [0.2, 0.25) is 0 Å². The average Bonchev–Trinajstić information content (AvgIpc) is 2.04. The van der Waals surface area contributed by atoms with Crippen LogP contribution in [0.2, 0.25) is 0 Å². The van der Waals surface area contributed by atoms with Crippen molar-refractivity contribution >= 4 is 6.03 Å². The molecule has 0 aromatic rings. The Labute approximate surface area is 79.3 Å². The van der Waals surface area contributed by atoms with E-state index < -0.39 is 6.03 Å². The molecule has 2 amide bonds. The molecule has 1 fully saturated rings. The van der Waals surface area contributed by atoms with Gasteiger partial charge in [0.15, 0.2) is 0 Å². The van der Waals surface area contributed by atoms with Crippen molar-refractivity contribution in [3.8, 4) is 0 Å². The molecule has 76 valence electrons. The summed E-state index contributed by atoms with van der Waals surface area (Å²) in [5, 5.41) is 6.12. The Morgan fingerprint density at radius 1 is 1.69 bits per heavy atom. The second kappa shape index (κ2) is 5.07. The first-order chi connectivity index (χ1) is 6.18. The Kier molecular flexibility index (Phi) is 4.02. The molecular weight excluding hydrogens is 166 g/mol. The van der Waals surface area contributed by atoms with E-state index in [9.17, 15) is 4.79 Å². The summed E-state index contributed by atoms with van der Waals surface area (Å²) in [5.41, 5.74) is 5.03. The van der Waals surface area contributed by atoms with Crippen LogP contribution < -0.4 is 16.4 Å². The highest BCUT2D eigenvalue weighted by molar-refractivity contribution is 5.71. The molecule has 1 aliphatic rings. The topological polar surface area (TPSA) is 67.2 Å². The number of amides is 2. The van der Waals surface area contributed by atoms with Crippen LogP contribution in [0.4, 0.5) is 4.79 Å². The maximum Gasteiger partial charge on any atom is 0.312 e. The molecule has 1 rings (SSSR count). The van der Waals surface area contributed by atoms with Crippen LogP contribution in [0.15, 0.2) is 0 Å². The van der Waals surface area contributed by atoms with Crippen molar-refractivity contribution in [2.75, 3.05) is 6.54 Å². The van der Waals surface area contributed by atoms with E-state index in [0.717, 1.165) is 13.0 Å². The van der Waals surface area contributed by atoms with Crippen LogP contribution in [0.5, 0.6) is 0 Å². The summed E-state index contributed by atoms with van der Waals surface area (Å²) in [7, 11) is 0. The van der Waals surface area contributed by atoms with Crippen molar-refractivity contribution in [2.45, 2.75) is 44.7 Å². The van der Waals surface area contributed by atoms with E-state index in [1.165, 1.54) is 19.3 Å². The predicted molar refractivity (Wildman–Crippen MR) is 52.4 cm³/mol. The van der Waals surface area contributed by atoms with Crippen molar-refractivity contribution < 1.29 is 4.79 Å². The number of hydrogen-bond donors (Lipinski definition) is 3. The Balaban J connectivity index is 2.18. The van der Waals surface area contributed by atoms with Crippen molar-refractivity contribution in [3.05, 3.63) is 0 Å². The minimum Gasteiger partial charge on any atom is -0.352 e. The number of carbonyl (C=O) groups excluding carboxylic acids is 1. The zero-order chi connectivity index (χ0) is 9.68. The van der Waals surface area contributed by atoms with Gasteiger partial charge in [-0.1, -0.05) is 6.42 Å². The van der Waals surface area contributed by atoms with E-state index in [4.69, 9.17) is 5.73 Å². The highest BCUT2D eigenvalue weighted by Gasteiger charge is 2.15. The zero-order valence-corrected chi connectivity index (χ0v) is 8.18. The van der Waals surface area contributed by atoms with Gasteiger partial charge in [0.05, 0.1) is 0 Å². The number of carbonyl (C=O) groups is 1. The molecule has 0 aromatic heterocycles. The number of hydrogen-bond acceptors (Lipinski definition) is 2. The van der Waals surface area contributed by atoms with E-state index >= 15 is 0 Å². The molecule has 4 N–H and O–H groups in total. The summed E-state index contributed by atoms with van der Waals surface area (Å²) in [5.74, 6) is 0. The first-order valence-corrected chi connectivity index (χ1v) is 4.98. The second-order valence-corrected chi connectivity index (χ2v) is 3.79. The third-order valence-corrected chi connectivity index (χ3v) is 2.44. The highest BCUT2D eigenvalue weighted by Crippen LogP contribution is 2.11. The van der Waals surface area contributed by atoms with Crippen LogP contribution >= 0.6 is 0 Å². The lowest BCUT2D eigenvalue weighted by Gasteiger charge is -2.26. The van der Waals surface area contributed by atoms with E-state index in [0.29, 0.717) is 6.04 Å². The van der Waals surface area contributed by atoms with Crippen molar-refractivity contribution in [1.82, 2.24) is 10.6 Å². The molecule has 0 bridgehead atoms. The molecule has 1 heterocycles. The van der Waals surface area contributed by atoms with Crippen LogP contribution in [-0.2, 0) is 0 Å². The van der Waals surface area contributed by atoms with Gasteiger partial charge in [-0.3, -0.25) is 0 Å². The fourth-order valence-corrected chi connectivity index (χ4v) is 1.85. The zero-order valence-electron chi connectivity index (χ0n) is 8.18. The van der Waals surface area contributed by atoms with Gasteiger partial charge in [-0.2, -0.15) is 0 Å². The van der Waals surface area contributed by atoms with Gasteiger partial charge in [0, 0.05) is 12.1 Å². The molecular formula is C9H19N3O. The minimum absolute atomic E-state index is 0.174. The fraction of sp³-hybridized carbons (Fsp3) is 0.889. The number of rotatable bonds is 3. The Morgan fingerprint density at radius 3 is 3.00 bits per heavy atom. The fourth-order valence-electron chi connectivity index (χ4n) is 1.85. The lowest BCUT2D eigenvalue weighted by molar-refractivity contribution is 0.243. The lowest BCUT2D eigenvalue weighted by atomic mass is 9.99. The SMILES string of the molecule is CC(CC1CCCCN1)NC(N)=O. The molecule has 2 atom stereocenters. The second-order valence-electron chi connectivity index (χ2n) is 3.79. The molecule has 4 nitrogen and oxygen atoms in total. The van der Waals surface area contributed by atoms with Gasteiger partial charge < -0.3 is 16.4 Å². The number of piperidine rings is 1. The Hall–Kier alpha value is -0.770. The summed E-state index contributed by atoms with van der Waals surface area (Å²) >= 11 is 0. The van der Waals surface area contributed by atoms with Gasteiger partial charge in [-0.15, -0.1) is 0 Å². The van der Waals surface area contributed by atoms with Crippen LogP contribution in [0.3, 0.4) is 0 Å². The number of nitrogens with two attached hydrogens (primary N) is 1. The third kappa shape index (κ3) is 4.12. The predicted octanol–water partition coefficient (Wildman–Crippen LogP) is 0.575. The number of urea groups is 1. The van der Waals surface area contributed by atoms with Crippen LogP contribution in [-0.4, -0.2) is 24.7 Å². The molecule has 0 aromatic carbocycles. The summed E-state index contributed by atoms with van der Waals surface area (Å²) < 4.78 is 0. The molecule has 4 heteroatoms. The van der Waals surface area contributed by atoms with Gasteiger partial charge in [-0.25, -0.2) is 4.79 Å². The maximum absolute atomic E-state index is 10.5. The normalized spacial score (nSPS) is 25.2. The first kappa shape index (κ1) is 10.3. The van der Waals surface area contributed by atoms with E-state index in [1.807, 2.05) is 6.92 Å². The lowest BCUT2D eigenvalue weighted by Crippen LogP contribution is -2.43. The van der Waals surface area contributed by atoms with Crippen LogP contribution in [0, 0.1) is 0 Å². The molecule has 0 saturated carbocycles. The Morgan fingerprint density at radius 2 is 2.46 bits per heavy atom. The molecule has 0 spiro atoms. The van der Waals surface area contributed by atoms with Gasteiger partial charge >= 0.3 is 6.03 Å². The monoisotopic (exact) mass is 185 g/mol. The highest BCUT2D eigenvalue weighted by atomic mass is 16.2. The summed E-state index contributed by atoms with van der Waals surface area (Å²) in [4.78, 5) is 10.5. The van der Waals surface area contributed by atoms with E-state index in [1.54, 1.807) is 0 Å². The van der Waals surface area contributed by atoms with E-state index in [2.05, 4.69) is 10.6 Å². The van der Waals surface area contributed by atoms with Crippen molar-refractivity contribution in [2.24, 2.45) is 5.73 Å². The van der Waals surface area contributed by atoms with Crippen LogP contribution in [0.1, 0.15) is 32.6 Å². The standard InChI is InChI=1S/C9H19N3O/c1-7(12-9(10)13)6-8-4-2-3-5-11-8/h7-8,11H,2-6H2,1H3,(H3,10,12,13). The average molecular weight is 185 g/mol. The number of nitrogens with one attached hydrogen (secondary N) is 2. The number of primary amides is 1.